The Bertz CT molecular complexity index is 14.0. The van der Waals surface area contributed by atoms with E-state index in [2.05, 4.69) is 58.0 Å². The highest BCUT2D eigenvalue weighted by molar-refractivity contribution is 15.0. The van der Waals surface area contributed by atoms with Gasteiger partial charge in [0, 0.05) is 37.2 Å². The molecule has 0 saturated carbocycles. The van der Waals surface area contributed by atoms with Crippen molar-refractivity contribution in [2.24, 2.45) is 0 Å². The summed E-state index contributed by atoms with van der Waals surface area (Å²) in [6, 6.07) is 0. The van der Waals surface area contributed by atoms with Gasteiger partial charge in [0.1, 0.15) is 0 Å². The van der Waals surface area contributed by atoms with E-state index in [1.807, 2.05) is 277 Å². The largest absolute Gasteiger partial charge is 0.0746 e. The zero-order valence-electron chi connectivity index (χ0n) is 45.9. The Morgan fingerprint density at radius 2 is 0.208 bits per heavy atom. The smallest absolute Gasteiger partial charge is 0.0683 e. The molecule has 0 spiro atoms. The molecule has 0 bridgehead atoms. The third kappa shape index (κ3) is 18700. The topological polar surface area (TPSA) is 0 Å². The summed E-state index contributed by atoms with van der Waals surface area (Å²) in [4.78, 5) is 0. The molecule has 0 aromatic rings. The van der Waals surface area contributed by atoms with Crippen molar-refractivity contribution >= 4 is 37.2 Å². The van der Waals surface area contributed by atoms with Crippen LogP contribution in [0.5, 0.6) is 0 Å². The summed E-state index contributed by atoms with van der Waals surface area (Å²) in [7, 11) is 0. The average Bonchev–Trinajstić information content (AvgIpc) is 3.33. The zero-order chi connectivity index (χ0) is 47.4. The maximum atomic E-state index is 3.25. The number of rotatable bonds is 1. The second kappa shape index (κ2) is 9760. The van der Waals surface area contributed by atoms with Crippen molar-refractivity contribution in [3.8, 4) is 0 Å². The van der Waals surface area contributed by atoms with Crippen LogP contribution in [0, 0.1) is 6.92 Å². The molecule has 0 saturated heterocycles. The Labute approximate surface area is 352 Å². The first-order valence-corrected chi connectivity index (χ1v) is 29.0. The van der Waals surface area contributed by atoms with Crippen LogP contribution in [0.2, 0.25) is 0 Å². The summed E-state index contributed by atoms with van der Waals surface area (Å²) < 4.78 is 0. The Kier molecular flexibility index (Phi) is 33800. The zero-order valence-corrected chi connectivity index (χ0v) is 50.2. The lowest BCUT2D eigenvalue weighted by molar-refractivity contribution is 0.886. The van der Waals surface area contributed by atoms with Gasteiger partial charge in [-0.15, -0.1) is 0 Å². The third-order valence-corrected chi connectivity index (χ3v) is 0.500. The van der Waals surface area contributed by atoms with Gasteiger partial charge in [0.25, 0.3) is 0 Å². The minimum atomic E-state index is 1.32. The van der Waals surface area contributed by atoms with E-state index in [4.69, 9.17) is 0 Å². The summed E-state index contributed by atoms with van der Waals surface area (Å²) in [6.45, 7) is 89.4. The van der Waals surface area contributed by atoms with Gasteiger partial charge in [-0.2, -0.15) is 0 Å². The summed E-state index contributed by atoms with van der Waals surface area (Å²) in [5.41, 5.74) is 0. The van der Waals surface area contributed by atoms with Crippen molar-refractivity contribution in [3.05, 3.63) is 6.92 Å². The van der Waals surface area contributed by atoms with Gasteiger partial charge < -0.3 is 0 Å². The Balaban J connectivity index is -0.00000000651. The van der Waals surface area contributed by atoms with Crippen LogP contribution in [-0.4, -0.2) is 0 Å². The molecule has 0 N–H and O–H groups in total. The van der Waals surface area contributed by atoms with E-state index in [0.717, 1.165) is 0 Å². The molecule has 0 radical (unpaired) electrons. The summed E-state index contributed by atoms with van der Waals surface area (Å²) in [5.74, 6) is 0. The molecule has 0 heterocycles. The molecular formula is C46H135I2+. The average molecular weight is 942 g/mol. The van der Waals surface area contributed by atoms with Crippen LogP contribution in [0.3, 0.4) is 0 Å². The van der Waals surface area contributed by atoms with Crippen LogP contribution in [-0.2, 0) is 0 Å². The van der Waals surface area contributed by atoms with Gasteiger partial charge in [-0.25, -0.2) is 0 Å². The van der Waals surface area contributed by atoms with Crippen LogP contribution in [0.1, 0.15) is 311 Å². The molecule has 0 unspecified atom stereocenters. The van der Waals surface area contributed by atoms with Gasteiger partial charge in [-0.1, -0.05) is 304 Å². The first-order chi connectivity index (χ1) is 23.9. The van der Waals surface area contributed by atoms with Crippen molar-refractivity contribution < 1.29 is 0 Å². The fraction of sp³-hybridized carbons (Fsp3) is 0.978. The lowest BCUT2D eigenvalue weighted by Crippen LogP contribution is -1.47. The van der Waals surface area contributed by atoms with Crippen molar-refractivity contribution in [1.82, 2.24) is 0 Å². The second-order valence-corrected chi connectivity index (χ2v) is 1.000. The number of unbranched alkanes of at least 4 members (excludes halogenated alkanes) is 1. The van der Waals surface area contributed by atoms with Gasteiger partial charge >= 0.3 is 0 Å². The van der Waals surface area contributed by atoms with Gasteiger partial charge in [0.15, 0.2) is 0 Å². The van der Waals surface area contributed by atoms with Crippen LogP contribution in [0.4, 0.5) is 0 Å². The quantitative estimate of drug-likeness (QED) is 0.182. The minimum absolute atomic E-state index is 1.32. The third-order valence-electron chi connectivity index (χ3n) is 0.500. The fourth-order valence-corrected chi connectivity index (χ4v) is 0. The Morgan fingerprint density at radius 1 is 0.188 bits per heavy atom. The monoisotopic (exact) mass is 942 g/mol. The van der Waals surface area contributed by atoms with Gasteiger partial charge in [-0.3, -0.25) is 0 Å². The van der Waals surface area contributed by atoms with E-state index >= 15 is 0 Å². The fourth-order valence-electron chi connectivity index (χ4n) is 0. The SMILES string of the molecule is CC.CC.CC.CC.CC.CC.CC.CC.CC.CC.CC.CC.CC.CC.CC.CC.CC.CC.CC.CC.CCCC.II.[CH2+]C. The van der Waals surface area contributed by atoms with Gasteiger partial charge in [-0.05, 0) is 0 Å². The molecule has 0 aliphatic heterocycles. The van der Waals surface area contributed by atoms with E-state index in [-0.39, 0.29) is 0 Å². The van der Waals surface area contributed by atoms with Crippen molar-refractivity contribution in [2.45, 2.75) is 311 Å². The van der Waals surface area contributed by atoms with Crippen LogP contribution in [0.15, 0.2) is 0 Å². The maximum Gasteiger partial charge on any atom is 0.0746 e. The highest BCUT2D eigenvalue weighted by atomic mass is 128. The molecule has 0 aliphatic carbocycles. The molecule has 0 fully saturated rings. The van der Waals surface area contributed by atoms with E-state index in [1.54, 1.807) is 6.92 Å². The Morgan fingerprint density at radius 3 is 0.208 bits per heavy atom. The molecule has 0 atom stereocenters. The predicted octanol–water partition coefficient (Wildman–Crippen LogP) is 24.9. The lowest BCUT2D eigenvalue weighted by Gasteiger charge is -1.68. The molecule has 0 aromatic heterocycles. The van der Waals surface area contributed by atoms with Crippen molar-refractivity contribution in [2.75, 3.05) is 0 Å². The number of hydrogen-bond donors (Lipinski definition) is 0. The van der Waals surface area contributed by atoms with Gasteiger partial charge in [0.2, 0.25) is 0 Å². The molecule has 0 amide bonds. The van der Waals surface area contributed by atoms with E-state index in [0.29, 0.717) is 0 Å². The van der Waals surface area contributed by atoms with Crippen LogP contribution < -0.4 is 0 Å². The first-order valence-electron chi connectivity index (χ1n) is 22.8. The Hall–Kier alpha value is 1.33. The molecule has 48 heavy (non-hydrogen) atoms. The van der Waals surface area contributed by atoms with Crippen LogP contribution >= 0.6 is 37.2 Å². The van der Waals surface area contributed by atoms with Crippen molar-refractivity contribution in [3.63, 3.8) is 0 Å². The van der Waals surface area contributed by atoms with Gasteiger partial charge in [0.05, 0.1) is 13.8 Å². The standard InChI is InChI=1S/C4H10.20C2H6.C2H5.I2/c1-3-4-2;22*1-2/h3-4H2,1-2H3;20*1-2H3;1H2,2H3;/q;;;;;;;;;;;;;;;;;;;;;+1;. The molecule has 0 rings (SSSR count). The molecule has 2 heteroatoms. The first kappa shape index (κ1) is 166. The normalized spacial score (nSPS) is 3.35. The number of halogens is 2. The highest BCUT2D eigenvalue weighted by Gasteiger charge is 1.56. The molecule has 332 valence electrons. The lowest BCUT2D eigenvalue weighted by atomic mass is 10.4. The molecule has 0 aromatic carbocycles. The highest BCUT2D eigenvalue weighted by Crippen LogP contribution is 1.89. The van der Waals surface area contributed by atoms with E-state index in [1.165, 1.54) is 12.8 Å². The summed E-state index contributed by atoms with van der Waals surface area (Å²) in [6.07, 6.45) is 2.64. The minimum Gasteiger partial charge on any atom is -0.0683 e. The maximum absolute atomic E-state index is 3.25. The summed E-state index contributed by atoms with van der Waals surface area (Å²) in [5, 5.41) is 0. The predicted molar refractivity (Wildman–Crippen MR) is 287 cm³/mol. The second-order valence-electron chi connectivity index (χ2n) is 1.000. The van der Waals surface area contributed by atoms with Crippen LogP contribution in [0.25, 0.3) is 0 Å². The molecular weight excluding hydrogens is 806 g/mol. The summed E-state index contributed by atoms with van der Waals surface area (Å²) >= 11 is 4.24. The molecule has 0 nitrogen and oxygen atoms in total. The number of hydrogen-bond acceptors (Lipinski definition) is 0. The van der Waals surface area contributed by atoms with E-state index in [9.17, 15) is 0 Å². The molecule has 0 aliphatic rings. The van der Waals surface area contributed by atoms with E-state index < -0.39 is 0 Å². The van der Waals surface area contributed by atoms with Crippen molar-refractivity contribution in [1.29, 1.82) is 0 Å².